The van der Waals surface area contributed by atoms with Gasteiger partial charge < -0.3 is 10.6 Å². The Labute approximate surface area is 130 Å². The van der Waals surface area contributed by atoms with Gasteiger partial charge in [0.05, 0.1) is 6.54 Å². The van der Waals surface area contributed by atoms with Gasteiger partial charge in [-0.1, -0.05) is 6.92 Å². The minimum Gasteiger partial charge on any atom is -0.357 e. The number of aryl methyl sites for hydroxylation is 1. The summed E-state index contributed by atoms with van der Waals surface area (Å²) in [7, 11) is 0. The zero-order valence-corrected chi connectivity index (χ0v) is 14.0. The lowest BCUT2D eigenvalue weighted by atomic mass is 10.4. The van der Waals surface area contributed by atoms with Crippen molar-refractivity contribution in [3.63, 3.8) is 0 Å². The fraction of sp³-hybridized carbons (Fsp3) is 0.667. The number of aliphatic imine (C=N–C) groups is 1. The maximum atomic E-state index is 4.55. The molecule has 18 heavy (non-hydrogen) atoms. The number of rotatable bonds is 5. The number of halogens is 1. The fourth-order valence-electron chi connectivity index (χ4n) is 1.47. The average molecular weight is 380 g/mol. The van der Waals surface area contributed by atoms with E-state index >= 15 is 0 Å². The molecular formula is C12H21IN4S. The molecule has 1 fully saturated rings. The Morgan fingerprint density at radius 2 is 2.28 bits per heavy atom. The van der Waals surface area contributed by atoms with Gasteiger partial charge in [0.2, 0.25) is 0 Å². The van der Waals surface area contributed by atoms with E-state index in [0.717, 1.165) is 23.9 Å². The van der Waals surface area contributed by atoms with Crippen molar-refractivity contribution in [2.75, 3.05) is 6.54 Å². The Kier molecular flexibility index (Phi) is 6.91. The second-order valence-corrected chi connectivity index (χ2v) is 5.39. The first-order chi connectivity index (χ1) is 8.31. The van der Waals surface area contributed by atoms with Crippen LogP contribution in [0, 0.1) is 0 Å². The molecule has 0 saturated heterocycles. The highest BCUT2D eigenvalue weighted by Gasteiger charge is 2.22. The second kappa shape index (κ2) is 7.93. The molecule has 102 valence electrons. The zero-order valence-electron chi connectivity index (χ0n) is 10.9. The maximum Gasteiger partial charge on any atom is 0.191 e. The summed E-state index contributed by atoms with van der Waals surface area (Å²) in [6, 6.07) is 0.635. The maximum absolute atomic E-state index is 4.55. The van der Waals surface area contributed by atoms with Gasteiger partial charge in [-0.2, -0.15) is 0 Å². The summed E-state index contributed by atoms with van der Waals surface area (Å²) < 4.78 is 0. The molecule has 1 aliphatic carbocycles. The van der Waals surface area contributed by atoms with E-state index in [0.29, 0.717) is 12.6 Å². The molecule has 1 aliphatic rings. The lowest BCUT2D eigenvalue weighted by molar-refractivity contribution is 0.811. The first-order valence-electron chi connectivity index (χ1n) is 6.30. The Morgan fingerprint density at radius 3 is 2.83 bits per heavy atom. The standard InChI is InChI=1S/C12H20N4S.HI/c1-3-10-7-14-11(17-10)8-15-12(13-4-2)16-9-5-6-9;/h7,9H,3-6,8H2,1-2H3,(H2,13,15,16);1H. The number of nitrogens with one attached hydrogen (secondary N) is 2. The van der Waals surface area contributed by atoms with Crippen LogP contribution in [0.5, 0.6) is 0 Å². The quantitative estimate of drug-likeness (QED) is 0.469. The highest BCUT2D eigenvalue weighted by Crippen LogP contribution is 2.18. The van der Waals surface area contributed by atoms with E-state index < -0.39 is 0 Å². The van der Waals surface area contributed by atoms with Crippen LogP contribution in [-0.4, -0.2) is 23.5 Å². The third-order valence-electron chi connectivity index (χ3n) is 2.58. The topological polar surface area (TPSA) is 49.3 Å². The summed E-state index contributed by atoms with van der Waals surface area (Å²) in [5.41, 5.74) is 0. The molecule has 6 heteroatoms. The zero-order chi connectivity index (χ0) is 12.1. The van der Waals surface area contributed by atoms with E-state index in [1.165, 1.54) is 17.7 Å². The summed E-state index contributed by atoms with van der Waals surface area (Å²) in [5, 5.41) is 7.75. The molecule has 0 amide bonds. The average Bonchev–Trinajstić information content (AvgIpc) is 3.03. The van der Waals surface area contributed by atoms with Crippen molar-refractivity contribution in [1.82, 2.24) is 15.6 Å². The largest absolute Gasteiger partial charge is 0.357 e. The first-order valence-corrected chi connectivity index (χ1v) is 7.12. The Hall–Kier alpha value is -0.370. The fourth-order valence-corrected chi connectivity index (χ4v) is 2.26. The number of hydrogen-bond acceptors (Lipinski definition) is 3. The molecule has 0 radical (unpaired) electrons. The van der Waals surface area contributed by atoms with Crippen molar-refractivity contribution in [2.24, 2.45) is 4.99 Å². The molecular weight excluding hydrogens is 359 g/mol. The second-order valence-electron chi connectivity index (χ2n) is 4.19. The Balaban J connectivity index is 0.00000162. The first kappa shape index (κ1) is 15.7. The van der Waals surface area contributed by atoms with Crippen LogP contribution < -0.4 is 10.6 Å². The smallest absolute Gasteiger partial charge is 0.191 e. The van der Waals surface area contributed by atoms with Crippen LogP contribution in [0.3, 0.4) is 0 Å². The molecule has 0 aromatic carbocycles. The molecule has 0 bridgehead atoms. The van der Waals surface area contributed by atoms with E-state index in [9.17, 15) is 0 Å². The van der Waals surface area contributed by atoms with Crippen molar-refractivity contribution in [1.29, 1.82) is 0 Å². The molecule has 1 aromatic heterocycles. The van der Waals surface area contributed by atoms with E-state index in [2.05, 4.69) is 34.5 Å². The molecule has 1 saturated carbocycles. The van der Waals surface area contributed by atoms with Crippen molar-refractivity contribution < 1.29 is 0 Å². The van der Waals surface area contributed by atoms with E-state index in [-0.39, 0.29) is 24.0 Å². The van der Waals surface area contributed by atoms with Gasteiger partial charge in [0.15, 0.2) is 5.96 Å². The number of thiazole rings is 1. The molecule has 0 atom stereocenters. The highest BCUT2D eigenvalue weighted by molar-refractivity contribution is 14.0. The van der Waals surface area contributed by atoms with E-state index in [4.69, 9.17) is 0 Å². The van der Waals surface area contributed by atoms with Gasteiger partial charge >= 0.3 is 0 Å². The van der Waals surface area contributed by atoms with Crippen LogP contribution in [0.15, 0.2) is 11.2 Å². The summed E-state index contributed by atoms with van der Waals surface area (Å²) >= 11 is 1.75. The van der Waals surface area contributed by atoms with Crippen LogP contribution in [0.1, 0.15) is 36.6 Å². The monoisotopic (exact) mass is 380 g/mol. The minimum absolute atomic E-state index is 0. The number of guanidine groups is 1. The summed E-state index contributed by atoms with van der Waals surface area (Å²) in [6.07, 6.45) is 5.54. The minimum atomic E-state index is 0. The Bertz CT molecular complexity index is 387. The number of hydrogen-bond donors (Lipinski definition) is 2. The molecule has 1 heterocycles. The van der Waals surface area contributed by atoms with Crippen LogP contribution >= 0.6 is 35.3 Å². The molecule has 0 aliphatic heterocycles. The van der Waals surface area contributed by atoms with Gasteiger partial charge in [0.25, 0.3) is 0 Å². The van der Waals surface area contributed by atoms with Crippen LogP contribution in [0.4, 0.5) is 0 Å². The van der Waals surface area contributed by atoms with Crippen molar-refractivity contribution >= 4 is 41.3 Å². The molecule has 2 N–H and O–H groups in total. The Morgan fingerprint density at radius 1 is 1.50 bits per heavy atom. The molecule has 0 spiro atoms. The van der Waals surface area contributed by atoms with Crippen LogP contribution in [0.2, 0.25) is 0 Å². The van der Waals surface area contributed by atoms with Gasteiger partial charge in [-0.05, 0) is 26.2 Å². The lowest BCUT2D eigenvalue weighted by Crippen LogP contribution is -2.38. The predicted molar refractivity (Wildman–Crippen MR) is 87.9 cm³/mol. The van der Waals surface area contributed by atoms with Gasteiger partial charge in [0.1, 0.15) is 5.01 Å². The molecule has 2 rings (SSSR count). The van der Waals surface area contributed by atoms with Crippen molar-refractivity contribution in [2.45, 2.75) is 45.7 Å². The van der Waals surface area contributed by atoms with Crippen molar-refractivity contribution in [3.05, 3.63) is 16.1 Å². The van der Waals surface area contributed by atoms with Crippen LogP contribution in [-0.2, 0) is 13.0 Å². The van der Waals surface area contributed by atoms with E-state index in [1.807, 2.05) is 6.20 Å². The SMILES string of the molecule is CCNC(=NCc1ncc(CC)s1)NC1CC1.I. The van der Waals surface area contributed by atoms with Gasteiger partial charge in [-0.25, -0.2) is 9.98 Å². The summed E-state index contributed by atoms with van der Waals surface area (Å²) in [5.74, 6) is 0.920. The normalized spacial score (nSPS) is 15.1. The van der Waals surface area contributed by atoms with Gasteiger partial charge in [-0.15, -0.1) is 35.3 Å². The third-order valence-corrected chi connectivity index (χ3v) is 3.71. The predicted octanol–water partition coefficient (Wildman–Crippen LogP) is 2.54. The highest BCUT2D eigenvalue weighted by atomic mass is 127. The van der Waals surface area contributed by atoms with Crippen LogP contribution in [0.25, 0.3) is 0 Å². The van der Waals surface area contributed by atoms with Gasteiger partial charge in [0, 0.05) is 23.7 Å². The molecule has 1 aromatic rings. The summed E-state index contributed by atoms with van der Waals surface area (Å²) in [4.78, 5) is 10.3. The van der Waals surface area contributed by atoms with Gasteiger partial charge in [-0.3, -0.25) is 0 Å². The van der Waals surface area contributed by atoms with E-state index in [1.54, 1.807) is 11.3 Å². The molecule has 0 unspecified atom stereocenters. The third kappa shape index (κ3) is 5.09. The number of nitrogens with zero attached hydrogens (tertiary/aromatic N) is 2. The number of aromatic nitrogens is 1. The molecule has 4 nitrogen and oxygen atoms in total. The summed E-state index contributed by atoms with van der Waals surface area (Å²) in [6.45, 7) is 5.81. The van der Waals surface area contributed by atoms with Crippen molar-refractivity contribution in [3.8, 4) is 0 Å². The lowest BCUT2D eigenvalue weighted by Gasteiger charge is -2.09.